The predicted molar refractivity (Wildman–Crippen MR) is 104 cm³/mol. The summed E-state index contributed by atoms with van der Waals surface area (Å²) in [6, 6.07) is 0.286. The Morgan fingerprint density at radius 3 is 2.54 bits per heavy atom. The van der Waals surface area contributed by atoms with Crippen LogP contribution in [0.1, 0.15) is 64.1 Å². The van der Waals surface area contributed by atoms with Gasteiger partial charge in [-0.15, -0.1) is 0 Å². The molecule has 144 valence electrons. The molecule has 8 heteroatoms. The SMILES string of the molecule is C[C@@H](Nc1nc(/C(N)=N/O)nc(N)c1NCC1CCCCC1)C1CCC1. The van der Waals surface area contributed by atoms with Crippen LogP contribution in [0.4, 0.5) is 17.3 Å². The number of hydrogen-bond acceptors (Lipinski definition) is 7. The van der Waals surface area contributed by atoms with Gasteiger partial charge in [0.25, 0.3) is 0 Å². The van der Waals surface area contributed by atoms with Gasteiger partial charge in [0, 0.05) is 12.6 Å². The van der Waals surface area contributed by atoms with Gasteiger partial charge in [0.2, 0.25) is 11.7 Å². The first kappa shape index (κ1) is 18.5. The average Bonchev–Trinajstić information content (AvgIpc) is 2.59. The van der Waals surface area contributed by atoms with Crippen LogP contribution in [0.15, 0.2) is 5.16 Å². The minimum Gasteiger partial charge on any atom is -0.409 e. The zero-order valence-electron chi connectivity index (χ0n) is 15.5. The first-order valence-electron chi connectivity index (χ1n) is 9.74. The molecule has 1 aromatic heterocycles. The maximum absolute atomic E-state index is 8.94. The topological polar surface area (TPSA) is 134 Å². The lowest BCUT2D eigenvalue weighted by Gasteiger charge is -2.33. The van der Waals surface area contributed by atoms with E-state index in [0.717, 1.165) is 12.2 Å². The lowest BCUT2D eigenvalue weighted by atomic mass is 9.80. The third-order valence-electron chi connectivity index (χ3n) is 5.79. The summed E-state index contributed by atoms with van der Waals surface area (Å²) in [5.74, 6) is 2.25. The number of oxime groups is 1. The molecule has 0 saturated heterocycles. The van der Waals surface area contributed by atoms with E-state index in [2.05, 4.69) is 32.7 Å². The van der Waals surface area contributed by atoms with E-state index in [9.17, 15) is 0 Å². The number of aromatic nitrogens is 2. The van der Waals surface area contributed by atoms with Gasteiger partial charge in [0.15, 0.2) is 11.6 Å². The quantitative estimate of drug-likeness (QED) is 0.218. The molecule has 2 saturated carbocycles. The Kier molecular flexibility index (Phi) is 6.00. The Labute approximate surface area is 154 Å². The Bertz CT molecular complexity index is 639. The lowest BCUT2D eigenvalue weighted by molar-refractivity contribution is 0.285. The monoisotopic (exact) mass is 361 g/mol. The number of nitrogens with zero attached hydrogens (tertiary/aromatic N) is 3. The summed E-state index contributed by atoms with van der Waals surface area (Å²) >= 11 is 0. The first-order chi connectivity index (χ1) is 12.6. The van der Waals surface area contributed by atoms with E-state index in [0.29, 0.717) is 23.5 Å². The van der Waals surface area contributed by atoms with E-state index in [1.165, 1.54) is 51.4 Å². The van der Waals surface area contributed by atoms with Crippen molar-refractivity contribution >= 4 is 23.2 Å². The van der Waals surface area contributed by atoms with Crippen molar-refractivity contribution in [3.05, 3.63) is 5.82 Å². The van der Waals surface area contributed by atoms with Crippen molar-refractivity contribution in [2.75, 3.05) is 22.9 Å². The Hall–Kier alpha value is -2.25. The van der Waals surface area contributed by atoms with Crippen molar-refractivity contribution in [2.45, 2.75) is 64.3 Å². The molecule has 0 amide bonds. The summed E-state index contributed by atoms with van der Waals surface area (Å²) in [4.78, 5) is 8.67. The standard InChI is InChI=1S/C18H31N7O/c1-11(13-8-5-9-13)22-17-14(21-10-12-6-3-2-4-7-12)15(19)23-18(24-17)16(20)25-26/h11-13,21,26H,2-10H2,1H3,(H2,20,25)(H3,19,22,23,24)/t11-/m1/s1. The average molecular weight is 361 g/mol. The molecule has 0 spiro atoms. The molecule has 1 heterocycles. The summed E-state index contributed by atoms with van der Waals surface area (Å²) in [5, 5.41) is 18.9. The van der Waals surface area contributed by atoms with Crippen LogP contribution in [-0.2, 0) is 0 Å². The molecule has 1 aromatic rings. The number of hydrogen-bond donors (Lipinski definition) is 5. The van der Waals surface area contributed by atoms with Gasteiger partial charge in [-0.25, -0.2) is 9.97 Å². The van der Waals surface area contributed by atoms with E-state index in [1.807, 2.05) is 0 Å². The molecular formula is C18H31N7O. The lowest BCUT2D eigenvalue weighted by Crippen LogP contribution is -2.32. The molecule has 0 aromatic carbocycles. The van der Waals surface area contributed by atoms with E-state index in [-0.39, 0.29) is 17.7 Å². The second kappa shape index (κ2) is 8.42. The number of nitrogens with one attached hydrogen (secondary N) is 2. The van der Waals surface area contributed by atoms with Crippen molar-refractivity contribution in [3.8, 4) is 0 Å². The highest BCUT2D eigenvalue weighted by Gasteiger charge is 2.26. The minimum absolute atomic E-state index is 0.136. The van der Waals surface area contributed by atoms with Crippen molar-refractivity contribution in [3.63, 3.8) is 0 Å². The van der Waals surface area contributed by atoms with Crippen LogP contribution >= 0.6 is 0 Å². The normalized spacial score (nSPS) is 20.4. The second-order valence-electron chi connectivity index (χ2n) is 7.65. The van der Waals surface area contributed by atoms with E-state index < -0.39 is 0 Å². The van der Waals surface area contributed by atoms with Crippen LogP contribution in [0.5, 0.6) is 0 Å². The molecule has 0 unspecified atom stereocenters. The smallest absolute Gasteiger partial charge is 0.208 e. The molecule has 2 aliphatic carbocycles. The summed E-state index contributed by atoms with van der Waals surface area (Å²) < 4.78 is 0. The van der Waals surface area contributed by atoms with Crippen molar-refractivity contribution in [2.24, 2.45) is 22.7 Å². The third kappa shape index (κ3) is 4.28. The second-order valence-corrected chi connectivity index (χ2v) is 7.65. The molecule has 2 aliphatic rings. The highest BCUT2D eigenvalue weighted by molar-refractivity contribution is 5.95. The fourth-order valence-corrected chi connectivity index (χ4v) is 3.83. The zero-order chi connectivity index (χ0) is 18.5. The van der Waals surface area contributed by atoms with Crippen LogP contribution < -0.4 is 22.1 Å². The van der Waals surface area contributed by atoms with Gasteiger partial charge in [-0.2, -0.15) is 0 Å². The van der Waals surface area contributed by atoms with Gasteiger partial charge in [-0.1, -0.05) is 30.8 Å². The van der Waals surface area contributed by atoms with Crippen LogP contribution in [0, 0.1) is 11.8 Å². The molecule has 3 rings (SSSR count). The van der Waals surface area contributed by atoms with E-state index in [1.54, 1.807) is 0 Å². The Morgan fingerprint density at radius 2 is 1.92 bits per heavy atom. The largest absolute Gasteiger partial charge is 0.409 e. The molecule has 1 atom stereocenters. The number of rotatable bonds is 7. The maximum Gasteiger partial charge on any atom is 0.208 e. The molecule has 0 aliphatic heterocycles. The van der Waals surface area contributed by atoms with E-state index in [4.69, 9.17) is 16.7 Å². The number of nitrogens with two attached hydrogens (primary N) is 2. The van der Waals surface area contributed by atoms with Gasteiger partial charge in [-0.3, -0.25) is 0 Å². The minimum atomic E-state index is -0.144. The summed E-state index contributed by atoms with van der Waals surface area (Å²) in [7, 11) is 0. The van der Waals surface area contributed by atoms with Crippen LogP contribution in [0.2, 0.25) is 0 Å². The van der Waals surface area contributed by atoms with Gasteiger partial charge < -0.3 is 27.3 Å². The Balaban J connectivity index is 1.79. The summed E-state index contributed by atoms with van der Waals surface area (Å²) in [5.41, 5.74) is 12.6. The fourth-order valence-electron chi connectivity index (χ4n) is 3.83. The molecular weight excluding hydrogens is 330 g/mol. The van der Waals surface area contributed by atoms with Crippen molar-refractivity contribution < 1.29 is 5.21 Å². The number of nitrogen functional groups attached to an aromatic ring is 1. The zero-order valence-corrected chi connectivity index (χ0v) is 15.5. The molecule has 26 heavy (non-hydrogen) atoms. The highest BCUT2D eigenvalue weighted by atomic mass is 16.4. The maximum atomic E-state index is 8.94. The number of amidine groups is 1. The van der Waals surface area contributed by atoms with Gasteiger partial charge in [0.05, 0.1) is 0 Å². The summed E-state index contributed by atoms with van der Waals surface area (Å²) in [6.45, 7) is 3.03. The van der Waals surface area contributed by atoms with Crippen molar-refractivity contribution in [1.82, 2.24) is 9.97 Å². The van der Waals surface area contributed by atoms with Gasteiger partial charge >= 0.3 is 0 Å². The van der Waals surface area contributed by atoms with Crippen LogP contribution in [-0.4, -0.2) is 33.6 Å². The highest BCUT2D eigenvalue weighted by Crippen LogP contribution is 2.34. The summed E-state index contributed by atoms with van der Waals surface area (Å²) in [6.07, 6.45) is 10.2. The first-order valence-corrected chi connectivity index (χ1v) is 9.74. The van der Waals surface area contributed by atoms with Gasteiger partial charge in [-0.05, 0) is 44.4 Å². The van der Waals surface area contributed by atoms with Crippen LogP contribution in [0.3, 0.4) is 0 Å². The van der Waals surface area contributed by atoms with Gasteiger partial charge in [0.1, 0.15) is 5.69 Å². The van der Waals surface area contributed by atoms with Crippen LogP contribution in [0.25, 0.3) is 0 Å². The number of anilines is 3. The molecule has 0 bridgehead atoms. The Morgan fingerprint density at radius 1 is 1.19 bits per heavy atom. The predicted octanol–water partition coefficient (Wildman–Crippen LogP) is 2.75. The molecule has 0 radical (unpaired) electrons. The fraction of sp³-hybridized carbons (Fsp3) is 0.722. The molecule has 2 fully saturated rings. The molecule has 7 N–H and O–H groups in total. The molecule has 8 nitrogen and oxygen atoms in total. The third-order valence-corrected chi connectivity index (χ3v) is 5.79. The van der Waals surface area contributed by atoms with E-state index >= 15 is 0 Å². The van der Waals surface area contributed by atoms with Crippen molar-refractivity contribution in [1.29, 1.82) is 0 Å².